The monoisotopic (exact) mass is 559 g/mol. The van der Waals surface area contributed by atoms with Crippen LogP contribution in [0.2, 0.25) is 0 Å². The average molecular weight is 560 g/mol. The van der Waals surface area contributed by atoms with Gasteiger partial charge in [-0.15, -0.1) is 0 Å². The first-order valence-corrected chi connectivity index (χ1v) is 13.6. The first-order valence-electron chi connectivity index (χ1n) is 12.6. The standard InChI is InChI=1S/C27H25N7O5S/c1-15-10-22(33-32-15)31-24(36)13-40-27-30-18-5-3-2-4-17(18)25-29-19(26(37)34(25)27)7-9-23(35)28-12-16-6-8-20-21(11-16)39-14-38-20/h2-6,8,10-11,19H,7,9,12-14H2,1H3,(H,28,35)(H2,31,32,33,36)/t19-/m0/s1. The van der Waals surface area contributed by atoms with Crippen molar-refractivity contribution in [3.05, 3.63) is 65.4 Å². The van der Waals surface area contributed by atoms with E-state index in [1.807, 2.05) is 49.4 Å². The zero-order valence-electron chi connectivity index (χ0n) is 21.5. The minimum absolute atomic E-state index is 0.0247. The van der Waals surface area contributed by atoms with Crippen LogP contribution in [-0.4, -0.2) is 62.4 Å². The maximum atomic E-state index is 13.4. The molecule has 13 heteroatoms. The molecule has 12 nitrogen and oxygen atoms in total. The minimum Gasteiger partial charge on any atom is -0.454 e. The van der Waals surface area contributed by atoms with Crippen molar-refractivity contribution in [2.24, 2.45) is 9.98 Å². The Balaban J connectivity index is 1.09. The van der Waals surface area contributed by atoms with Crippen LogP contribution in [0.25, 0.3) is 0 Å². The van der Waals surface area contributed by atoms with Gasteiger partial charge in [0.25, 0.3) is 5.91 Å². The number of para-hydroxylation sites is 1. The lowest BCUT2D eigenvalue weighted by Gasteiger charge is -2.25. The molecule has 3 aliphatic rings. The van der Waals surface area contributed by atoms with Gasteiger partial charge in [-0.1, -0.05) is 30.0 Å². The van der Waals surface area contributed by atoms with E-state index in [4.69, 9.17) is 9.47 Å². The Morgan fingerprint density at radius 2 is 1.98 bits per heavy atom. The van der Waals surface area contributed by atoms with Gasteiger partial charge in [-0.25, -0.2) is 9.89 Å². The Hall–Kier alpha value is -4.65. The number of rotatable bonds is 8. The van der Waals surface area contributed by atoms with Gasteiger partial charge in [0.05, 0.1) is 11.4 Å². The lowest BCUT2D eigenvalue weighted by molar-refractivity contribution is -0.125. The fourth-order valence-corrected chi connectivity index (χ4v) is 5.29. The Morgan fingerprint density at radius 3 is 2.83 bits per heavy atom. The van der Waals surface area contributed by atoms with Gasteiger partial charge in [-0.3, -0.25) is 24.5 Å². The summed E-state index contributed by atoms with van der Waals surface area (Å²) in [5.74, 6) is 1.52. The number of amidine groups is 2. The third-order valence-electron chi connectivity index (χ3n) is 6.42. The summed E-state index contributed by atoms with van der Waals surface area (Å²) in [7, 11) is 0. The van der Waals surface area contributed by atoms with Crippen LogP contribution >= 0.6 is 11.8 Å². The summed E-state index contributed by atoms with van der Waals surface area (Å²) >= 11 is 1.14. The van der Waals surface area contributed by atoms with E-state index < -0.39 is 6.04 Å². The summed E-state index contributed by atoms with van der Waals surface area (Å²) in [6.45, 7) is 2.35. The smallest absolute Gasteiger partial charge is 0.259 e. The number of thioether (sulfide) groups is 1. The second kappa shape index (κ2) is 10.8. The number of nitrogens with one attached hydrogen (secondary N) is 3. The molecule has 3 N–H and O–H groups in total. The number of H-pyrrole nitrogens is 1. The van der Waals surface area contributed by atoms with Gasteiger partial charge < -0.3 is 20.1 Å². The Bertz CT molecular complexity index is 1570. The van der Waals surface area contributed by atoms with E-state index in [9.17, 15) is 14.4 Å². The SMILES string of the molecule is Cc1cc(NC(=O)CSC2=Nc3ccccc3C3=N[C@@H](CCC(=O)NCc4ccc5c(c4)OCO5)C(=O)N23)n[nH]1. The molecule has 204 valence electrons. The summed E-state index contributed by atoms with van der Waals surface area (Å²) in [6.07, 6.45) is 0.364. The number of amides is 3. The first-order chi connectivity index (χ1) is 19.4. The minimum atomic E-state index is -0.732. The molecular weight excluding hydrogens is 534 g/mol. The number of aromatic amines is 1. The van der Waals surface area contributed by atoms with Crippen LogP contribution in [0.3, 0.4) is 0 Å². The summed E-state index contributed by atoms with van der Waals surface area (Å²) in [4.78, 5) is 49.3. The first kappa shape index (κ1) is 25.6. The Labute approximate surface area is 233 Å². The molecule has 3 aromatic rings. The number of aliphatic imine (C=N–C) groups is 2. The number of nitrogens with zero attached hydrogens (tertiary/aromatic N) is 4. The third kappa shape index (κ3) is 5.27. The highest BCUT2D eigenvalue weighted by Gasteiger charge is 2.41. The molecule has 0 radical (unpaired) electrons. The van der Waals surface area contributed by atoms with E-state index in [-0.39, 0.29) is 43.1 Å². The normalized spacial score (nSPS) is 16.7. The van der Waals surface area contributed by atoms with E-state index in [1.165, 1.54) is 4.90 Å². The predicted octanol–water partition coefficient (Wildman–Crippen LogP) is 2.87. The summed E-state index contributed by atoms with van der Waals surface area (Å²) in [6, 6.07) is 13.9. The molecule has 0 spiro atoms. The summed E-state index contributed by atoms with van der Waals surface area (Å²) in [5.41, 5.74) is 3.10. The fourth-order valence-electron chi connectivity index (χ4n) is 4.49. The van der Waals surface area contributed by atoms with Crippen LogP contribution in [0.15, 0.2) is 58.5 Å². The molecule has 2 aromatic carbocycles. The van der Waals surface area contributed by atoms with Gasteiger partial charge in [0.1, 0.15) is 11.9 Å². The molecule has 6 rings (SSSR count). The zero-order valence-corrected chi connectivity index (χ0v) is 22.3. The third-order valence-corrected chi connectivity index (χ3v) is 7.36. The van der Waals surface area contributed by atoms with Crippen LogP contribution < -0.4 is 20.1 Å². The molecule has 0 aliphatic carbocycles. The number of fused-ring (bicyclic) bond motifs is 4. The van der Waals surface area contributed by atoms with Crippen LogP contribution in [0, 0.1) is 6.92 Å². The lowest BCUT2D eigenvalue weighted by atomic mass is 10.1. The van der Waals surface area contributed by atoms with Crippen molar-refractivity contribution in [2.75, 3.05) is 17.9 Å². The van der Waals surface area contributed by atoms with Crippen molar-refractivity contribution in [1.82, 2.24) is 20.4 Å². The lowest BCUT2D eigenvalue weighted by Crippen LogP contribution is -2.41. The van der Waals surface area contributed by atoms with Gasteiger partial charge in [0.15, 0.2) is 22.5 Å². The quantitative estimate of drug-likeness (QED) is 0.384. The number of carbonyl (C=O) groups excluding carboxylic acids is 3. The van der Waals surface area contributed by atoms with Crippen molar-refractivity contribution in [2.45, 2.75) is 32.4 Å². The van der Waals surface area contributed by atoms with E-state index >= 15 is 0 Å². The van der Waals surface area contributed by atoms with Crippen LogP contribution in [0.1, 0.15) is 29.7 Å². The second-order valence-corrected chi connectivity index (χ2v) is 10.3. The second-order valence-electron chi connectivity index (χ2n) is 9.33. The van der Waals surface area contributed by atoms with Crippen LogP contribution in [-0.2, 0) is 20.9 Å². The van der Waals surface area contributed by atoms with Gasteiger partial charge >= 0.3 is 0 Å². The molecule has 4 heterocycles. The Morgan fingerprint density at radius 1 is 1.12 bits per heavy atom. The molecule has 0 unspecified atom stereocenters. The van der Waals surface area contributed by atoms with Crippen molar-refractivity contribution >= 4 is 52.0 Å². The highest BCUT2D eigenvalue weighted by Crippen LogP contribution is 2.35. The van der Waals surface area contributed by atoms with Gasteiger partial charge in [0, 0.05) is 30.3 Å². The highest BCUT2D eigenvalue weighted by atomic mass is 32.2. The van der Waals surface area contributed by atoms with E-state index in [1.54, 1.807) is 6.07 Å². The average Bonchev–Trinajstić information content (AvgIpc) is 3.68. The van der Waals surface area contributed by atoms with Gasteiger partial charge in [-0.2, -0.15) is 5.10 Å². The number of aromatic nitrogens is 2. The highest BCUT2D eigenvalue weighted by molar-refractivity contribution is 8.14. The molecule has 1 aromatic heterocycles. The Kier molecular flexibility index (Phi) is 6.95. The summed E-state index contributed by atoms with van der Waals surface area (Å²) < 4.78 is 10.7. The molecule has 40 heavy (non-hydrogen) atoms. The number of anilines is 1. The maximum Gasteiger partial charge on any atom is 0.259 e. The van der Waals surface area contributed by atoms with Gasteiger partial charge in [0.2, 0.25) is 18.6 Å². The molecule has 0 bridgehead atoms. The summed E-state index contributed by atoms with van der Waals surface area (Å²) in [5, 5.41) is 12.8. The molecular formula is C27H25N7O5S. The number of ether oxygens (including phenoxy) is 2. The largest absolute Gasteiger partial charge is 0.454 e. The predicted molar refractivity (Wildman–Crippen MR) is 149 cm³/mol. The van der Waals surface area contributed by atoms with E-state index in [2.05, 4.69) is 30.8 Å². The van der Waals surface area contributed by atoms with Crippen LogP contribution in [0.5, 0.6) is 11.5 Å². The van der Waals surface area contributed by atoms with Gasteiger partial charge in [-0.05, 0) is 43.2 Å². The molecule has 0 fully saturated rings. The fraction of sp³-hybridized carbons (Fsp3) is 0.259. The maximum absolute atomic E-state index is 13.4. The van der Waals surface area contributed by atoms with E-state index in [0.717, 1.165) is 28.6 Å². The van der Waals surface area contributed by atoms with E-state index in [0.29, 0.717) is 40.6 Å². The number of aryl methyl sites for hydroxylation is 1. The molecule has 0 saturated carbocycles. The number of hydrogen-bond acceptors (Lipinski definition) is 9. The van der Waals surface area contributed by atoms with Crippen molar-refractivity contribution < 1.29 is 23.9 Å². The van der Waals surface area contributed by atoms with Crippen molar-refractivity contribution in [3.63, 3.8) is 0 Å². The molecule has 1 atom stereocenters. The zero-order chi connectivity index (χ0) is 27.6. The van der Waals surface area contributed by atoms with Crippen molar-refractivity contribution in [1.29, 1.82) is 0 Å². The molecule has 0 saturated heterocycles. The topological polar surface area (TPSA) is 150 Å². The molecule has 3 aliphatic heterocycles. The number of benzene rings is 2. The number of hydrogen-bond donors (Lipinski definition) is 3. The van der Waals surface area contributed by atoms with Crippen LogP contribution in [0.4, 0.5) is 11.5 Å². The molecule has 3 amide bonds. The van der Waals surface area contributed by atoms with Crippen molar-refractivity contribution in [3.8, 4) is 11.5 Å². The number of carbonyl (C=O) groups is 3.